The smallest absolute Gasteiger partial charge is 0.264 e. The van der Waals surface area contributed by atoms with E-state index < -0.39 is 28.5 Å². The van der Waals surface area contributed by atoms with Crippen LogP contribution in [0.2, 0.25) is 0 Å². The molecule has 0 heterocycles. The maximum Gasteiger partial charge on any atom is 0.264 e. The zero-order valence-corrected chi connectivity index (χ0v) is 24.5. The molecule has 214 valence electrons. The second-order valence-electron chi connectivity index (χ2n) is 9.58. The second kappa shape index (κ2) is 14.5. The van der Waals surface area contributed by atoms with E-state index in [4.69, 9.17) is 4.74 Å². The third-order valence-electron chi connectivity index (χ3n) is 6.52. The van der Waals surface area contributed by atoms with Crippen LogP contribution in [0, 0.1) is 6.92 Å². The van der Waals surface area contributed by atoms with E-state index >= 15 is 0 Å². The van der Waals surface area contributed by atoms with Gasteiger partial charge in [0.2, 0.25) is 11.8 Å². The number of anilines is 1. The highest BCUT2D eigenvalue weighted by Gasteiger charge is 2.32. The minimum absolute atomic E-state index is 0.0692. The van der Waals surface area contributed by atoms with Gasteiger partial charge in [0.25, 0.3) is 10.0 Å². The van der Waals surface area contributed by atoms with Gasteiger partial charge in [0.1, 0.15) is 18.3 Å². The SMILES string of the molecule is CCCCNC(=O)[C@H](C)N(Cc1ccccc1)C(=O)CN(c1ccc(OCC)cc1)S(=O)(=O)c1ccc(C)cc1. The molecule has 0 aliphatic rings. The number of aryl methyl sites for hydroxylation is 1. The molecule has 3 aromatic carbocycles. The van der Waals surface area contributed by atoms with Gasteiger partial charge in [-0.2, -0.15) is 0 Å². The van der Waals surface area contributed by atoms with Crippen LogP contribution in [0.1, 0.15) is 44.7 Å². The Morgan fingerprint density at radius 3 is 2.17 bits per heavy atom. The Bertz CT molecular complexity index is 1340. The van der Waals surface area contributed by atoms with Crippen LogP contribution in [0.3, 0.4) is 0 Å². The van der Waals surface area contributed by atoms with Crippen LogP contribution in [0.4, 0.5) is 5.69 Å². The number of nitrogens with zero attached hydrogens (tertiary/aromatic N) is 2. The topological polar surface area (TPSA) is 96.0 Å². The molecule has 2 amide bonds. The lowest BCUT2D eigenvalue weighted by molar-refractivity contribution is -0.139. The monoisotopic (exact) mass is 565 g/mol. The van der Waals surface area contributed by atoms with Crippen molar-refractivity contribution in [1.82, 2.24) is 10.2 Å². The Kier molecular flexibility index (Phi) is 11.1. The van der Waals surface area contributed by atoms with Crippen LogP contribution >= 0.6 is 0 Å². The van der Waals surface area contributed by atoms with Gasteiger partial charge < -0.3 is 15.0 Å². The van der Waals surface area contributed by atoms with E-state index in [1.165, 1.54) is 17.0 Å². The van der Waals surface area contributed by atoms with E-state index in [1.807, 2.05) is 51.1 Å². The molecule has 9 heteroatoms. The fourth-order valence-corrected chi connectivity index (χ4v) is 5.55. The molecule has 3 aromatic rings. The van der Waals surface area contributed by atoms with Gasteiger partial charge in [0.15, 0.2) is 0 Å². The highest BCUT2D eigenvalue weighted by Crippen LogP contribution is 2.27. The van der Waals surface area contributed by atoms with Crippen molar-refractivity contribution in [2.45, 2.75) is 58.0 Å². The first-order chi connectivity index (χ1) is 19.2. The van der Waals surface area contributed by atoms with Crippen molar-refractivity contribution in [1.29, 1.82) is 0 Å². The number of carbonyl (C=O) groups is 2. The summed E-state index contributed by atoms with van der Waals surface area (Å²) in [5.41, 5.74) is 2.06. The lowest BCUT2D eigenvalue weighted by atomic mass is 10.1. The molecule has 0 saturated heterocycles. The first-order valence-electron chi connectivity index (χ1n) is 13.6. The van der Waals surface area contributed by atoms with Gasteiger partial charge in [0, 0.05) is 13.1 Å². The second-order valence-corrected chi connectivity index (χ2v) is 11.4. The Hall–Kier alpha value is -3.85. The van der Waals surface area contributed by atoms with Crippen molar-refractivity contribution < 1.29 is 22.7 Å². The first-order valence-corrected chi connectivity index (χ1v) is 15.0. The minimum atomic E-state index is -4.12. The van der Waals surface area contributed by atoms with Crippen molar-refractivity contribution in [2.24, 2.45) is 0 Å². The Morgan fingerprint density at radius 1 is 0.925 bits per heavy atom. The fraction of sp³-hybridized carbons (Fsp3) is 0.355. The van der Waals surface area contributed by atoms with Crippen LogP contribution in [0.15, 0.2) is 83.8 Å². The molecule has 8 nitrogen and oxygen atoms in total. The average Bonchev–Trinajstić information content (AvgIpc) is 2.95. The summed E-state index contributed by atoms with van der Waals surface area (Å²) in [7, 11) is -4.12. The summed E-state index contributed by atoms with van der Waals surface area (Å²) in [4.78, 5) is 28.4. The molecule has 0 aliphatic heterocycles. The number of sulfonamides is 1. The standard InChI is InChI=1S/C31H39N3O5S/c1-5-7-21-32-31(36)25(4)33(22-26-11-9-8-10-12-26)30(35)23-34(27-15-17-28(18-16-27)39-6-2)40(37,38)29-19-13-24(3)14-20-29/h8-20,25H,5-7,21-23H2,1-4H3,(H,32,36)/t25-/m0/s1. The highest BCUT2D eigenvalue weighted by molar-refractivity contribution is 7.92. The number of hydrogen-bond donors (Lipinski definition) is 1. The molecule has 0 aromatic heterocycles. The molecule has 40 heavy (non-hydrogen) atoms. The molecule has 0 spiro atoms. The number of unbranched alkanes of at least 4 members (excludes halogenated alkanes) is 1. The van der Waals surface area contributed by atoms with Gasteiger partial charge in [-0.1, -0.05) is 61.4 Å². The van der Waals surface area contributed by atoms with Crippen LogP contribution in [0.25, 0.3) is 0 Å². The molecule has 0 saturated carbocycles. The maximum absolute atomic E-state index is 13.9. The average molecular weight is 566 g/mol. The summed E-state index contributed by atoms with van der Waals surface area (Å²) in [6.45, 7) is 8.08. The summed E-state index contributed by atoms with van der Waals surface area (Å²) in [6.07, 6.45) is 1.75. The van der Waals surface area contributed by atoms with Gasteiger partial charge in [-0.25, -0.2) is 8.42 Å². The van der Waals surface area contributed by atoms with E-state index in [-0.39, 0.29) is 17.3 Å². The number of benzene rings is 3. The minimum Gasteiger partial charge on any atom is -0.494 e. The van der Waals surface area contributed by atoms with Gasteiger partial charge in [-0.3, -0.25) is 13.9 Å². The van der Waals surface area contributed by atoms with Crippen molar-refractivity contribution in [3.63, 3.8) is 0 Å². The number of amides is 2. The first kappa shape index (κ1) is 30.7. The zero-order chi connectivity index (χ0) is 29.1. The summed E-state index contributed by atoms with van der Waals surface area (Å²) in [5.74, 6) is -0.188. The third kappa shape index (κ3) is 8.08. The van der Waals surface area contributed by atoms with Crippen molar-refractivity contribution >= 4 is 27.5 Å². The number of ether oxygens (including phenoxy) is 1. The van der Waals surface area contributed by atoms with Crippen LogP contribution in [-0.4, -0.2) is 50.9 Å². The fourth-order valence-electron chi connectivity index (χ4n) is 4.14. The molecule has 1 N–H and O–H groups in total. The van der Waals surface area contributed by atoms with E-state index in [0.717, 1.165) is 28.3 Å². The molecule has 0 aliphatic carbocycles. The number of carbonyl (C=O) groups excluding carboxylic acids is 2. The Balaban J connectivity index is 1.99. The zero-order valence-electron chi connectivity index (χ0n) is 23.7. The van der Waals surface area contributed by atoms with Gasteiger partial charge in [-0.05, 0) is 69.2 Å². The largest absolute Gasteiger partial charge is 0.494 e. The van der Waals surface area contributed by atoms with Crippen LogP contribution in [0.5, 0.6) is 5.75 Å². The summed E-state index contributed by atoms with van der Waals surface area (Å²) in [6, 6.07) is 21.6. The molecular weight excluding hydrogens is 526 g/mol. The lowest BCUT2D eigenvalue weighted by Gasteiger charge is -2.32. The van der Waals surface area contributed by atoms with E-state index in [9.17, 15) is 18.0 Å². The number of nitrogens with one attached hydrogen (secondary N) is 1. The van der Waals surface area contributed by atoms with Gasteiger partial charge in [-0.15, -0.1) is 0 Å². The molecule has 0 fully saturated rings. The Labute approximate surface area is 238 Å². The molecule has 3 rings (SSSR count). The van der Waals surface area contributed by atoms with E-state index in [2.05, 4.69) is 5.32 Å². The highest BCUT2D eigenvalue weighted by atomic mass is 32.2. The Morgan fingerprint density at radius 2 is 1.57 bits per heavy atom. The summed E-state index contributed by atoms with van der Waals surface area (Å²) >= 11 is 0. The number of rotatable bonds is 14. The number of hydrogen-bond acceptors (Lipinski definition) is 5. The molecule has 1 atom stereocenters. The summed E-state index contributed by atoms with van der Waals surface area (Å²) < 4.78 is 34.4. The normalized spacial score (nSPS) is 11.9. The molecule has 0 radical (unpaired) electrons. The van der Waals surface area contributed by atoms with Gasteiger partial charge >= 0.3 is 0 Å². The summed E-state index contributed by atoms with van der Waals surface area (Å²) in [5, 5.41) is 2.89. The third-order valence-corrected chi connectivity index (χ3v) is 8.30. The van der Waals surface area contributed by atoms with Crippen molar-refractivity contribution in [3.05, 3.63) is 90.0 Å². The molecule has 0 bridgehead atoms. The predicted molar refractivity (Wildman–Crippen MR) is 158 cm³/mol. The van der Waals surface area contributed by atoms with E-state index in [0.29, 0.717) is 24.6 Å². The van der Waals surface area contributed by atoms with Crippen molar-refractivity contribution in [2.75, 3.05) is 24.0 Å². The van der Waals surface area contributed by atoms with E-state index in [1.54, 1.807) is 43.3 Å². The predicted octanol–water partition coefficient (Wildman–Crippen LogP) is 4.92. The quantitative estimate of drug-likeness (QED) is 0.280. The van der Waals surface area contributed by atoms with Crippen LogP contribution in [-0.2, 0) is 26.2 Å². The van der Waals surface area contributed by atoms with Crippen LogP contribution < -0.4 is 14.4 Å². The molecular formula is C31H39N3O5S. The van der Waals surface area contributed by atoms with Crippen molar-refractivity contribution in [3.8, 4) is 5.75 Å². The van der Waals surface area contributed by atoms with Gasteiger partial charge in [0.05, 0.1) is 17.2 Å². The lowest BCUT2D eigenvalue weighted by Crippen LogP contribution is -2.51. The molecule has 0 unspecified atom stereocenters. The maximum atomic E-state index is 13.9.